The van der Waals surface area contributed by atoms with E-state index in [0.717, 1.165) is 41.5 Å². The lowest BCUT2D eigenvalue weighted by atomic mass is 9.90. The number of hydrogen-bond acceptors (Lipinski definition) is 2. The van der Waals surface area contributed by atoms with Crippen LogP contribution in [0, 0.1) is 0 Å². The zero-order valence-electron chi connectivity index (χ0n) is 19.0. The average Bonchev–Trinajstić information content (AvgIpc) is 3.24. The first-order valence-corrected chi connectivity index (χ1v) is 12.1. The number of ether oxygens (including phenoxy) is 1. The Morgan fingerprint density at radius 2 is 1.32 bits per heavy atom. The first kappa shape index (κ1) is 22.2. The van der Waals surface area contributed by atoms with Gasteiger partial charge in [0.25, 0.3) is 0 Å². The van der Waals surface area contributed by atoms with Crippen LogP contribution in [0.15, 0.2) is 109 Å². The highest BCUT2D eigenvalue weighted by atomic mass is 35.5. The number of hydrogen-bond donors (Lipinski definition) is 0. The summed E-state index contributed by atoms with van der Waals surface area (Å²) in [5.74, 6) is 2.00. The Labute approximate surface area is 205 Å². The maximum atomic E-state index is 5.96. The number of halogens is 1. The Hall–Kier alpha value is -3.56. The van der Waals surface area contributed by atoms with Gasteiger partial charge in [0.15, 0.2) is 0 Å². The number of imidazole rings is 1. The Kier molecular flexibility index (Phi) is 6.92. The topological polar surface area (TPSA) is 27.1 Å². The number of unbranched alkanes of at least 4 members (excludes halogenated alkanes) is 1. The fourth-order valence-electron chi connectivity index (χ4n) is 4.42. The van der Waals surface area contributed by atoms with Crippen LogP contribution < -0.4 is 4.74 Å². The van der Waals surface area contributed by atoms with Crippen molar-refractivity contribution < 1.29 is 4.74 Å². The molecule has 0 saturated carbocycles. The molecule has 5 aromatic rings. The fourth-order valence-corrected chi connectivity index (χ4v) is 4.55. The van der Waals surface area contributed by atoms with E-state index in [4.69, 9.17) is 21.3 Å². The molecular weight excluding hydrogens is 440 g/mol. The van der Waals surface area contributed by atoms with Crippen LogP contribution in [0.25, 0.3) is 11.0 Å². The lowest BCUT2D eigenvalue weighted by molar-refractivity contribution is 0.303. The van der Waals surface area contributed by atoms with E-state index in [2.05, 4.69) is 89.5 Å². The summed E-state index contributed by atoms with van der Waals surface area (Å²) in [6.45, 7) is 1.56. The van der Waals surface area contributed by atoms with E-state index in [0.29, 0.717) is 6.61 Å². The molecular formula is C30H27ClN2O. The van der Waals surface area contributed by atoms with Crippen LogP contribution >= 0.6 is 11.6 Å². The summed E-state index contributed by atoms with van der Waals surface area (Å²) in [4.78, 5) is 5.14. The Bertz CT molecular complexity index is 1290. The number of aryl methyl sites for hydroxylation is 1. The predicted octanol–water partition coefficient (Wildman–Crippen LogP) is 7.73. The molecule has 1 aromatic heterocycles. The molecule has 0 spiro atoms. The number of benzene rings is 4. The molecule has 0 aliphatic carbocycles. The van der Waals surface area contributed by atoms with Crippen molar-refractivity contribution in [2.75, 3.05) is 6.61 Å². The van der Waals surface area contributed by atoms with E-state index in [-0.39, 0.29) is 5.92 Å². The van der Waals surface area contributed by atoms with Gasteiger partial charge in [-0.25, -0.2) is 4.98 Å². The summed E-state index contributed by atoms with van der Waals surface area (Å²) in [7, 11) is 0. The number of rotatable bonds is 9. The molecule has 0 saturated heterocycles. The Morgan fingerprint density at radius 1 is 0.706 bits per heavy atom. The molecule has 0 bridgehead atoms. The zero-order chi connectivity index (χ0) is 23.2. The molecule has 5 rings (SSSR count). The predicted molar refractivity (Wildman–Crippen MR) is 140 cm³/mol. The van der Waals surface area contributed by atoms with Gasteiger partial charge in [-0.2, -0.15) is 0 Å². The molecule has 4 aromatic carbocycles. The maximum absolute atomic E-state index is 5.96. The molecule has 0 amide bonds. The minimum Gasteiger partial charge on any atom is -0.494 e. The zero-order valence-corrected chi connectivity index (χ0v) is 19.7. The molecule has 0 unspecified atom stereocenters. The van der Waals surface area contributed by atoms with Crippen LogP contribution in [-0.2, 0) is 6.54 Å². The third-order valence-corrected chi connectivity index (χ3v) is 6.32. The van der Waals surface area contributed by atoms with Crippen molar-refractivity contribution >= 4 is 22.6 Å². The normalized spacial score (nSPS) is 11.2. The molecule has 0 atom stereocenters. The maximum Gasteiger partial charge on any atom is 0.121 e. The number of nitrogens with zero attached hydrogens (tertiary/aromatic N) is 2. The van der Waals surface area contributed by atoms with E-state index >= 15 is 0 Å². The van der Waals surface area contributed by atoms with Gasteiger partial charge in [-0.3, -0.25) is 0 Å². The summed E-state index contributed by atoms with van der Waals surface area (Å²) < 4.78 is 8.29. The van der Waals surface area contributed by atoms with Gasteiger partial charge in [0.05, 0.1) is 23.6 Å². The van der Waals surface area contributed by atoms with Gasteiger partial charge in [0, 0.05) is 11.6 Å². The number of para-hydroxylation sites is 2. The van der Waals surface area contributed by atoms with E-state index in [1.165, 1.54) is 16.6 Å². The van der Waals surface area contributed by atoms with Crippen molar-refractivity contribution in [1.82, 2.24) is 9.55 Å². The lowest BCUT2D eigenvalue weighted by Crippen LogP contribution is -2.13. The highest BCUT2D eigenvalue weighted by Gasteiger charge is 2.23. The molecule has 3 nitrogen and oxygen atoms in total. The van der Waals surface area contributed by atoms with Crippen molar-refractivity contribution in [1.29, 1.82) is 0 Å². The average molecular weight is 467 g/mol. The lowest BCUT2D eigenvalue weighted by Gasteiger charge is -2.20. The number of aromatic nitrogens is 2. The molecule has 0 N–H and O–H groups in total. The molecule has 34 heavy (non-hydrogen) atoms. The summed E-state index contributed by atoms with van der Waals surface area (Å²) in [5, 5.41) is 0.721. The third-order valence-electron chi connectivity index (χ3n) is 6.07. The standard InChI is InChI=1S/C30H27ClN2O/c31-25-17-19-26(20-18-25)34-22-10-9-21-33-28-16-8-7-15-27(28)32-30(33)29(23-11-3-1-4-12-23)24-13-5-2-6-14-24/h1-8,11-20,29H,9-10,21-22H2. The minimum atomic E-state index is 0.0696. The second-order valence-electron chi connectivity index (χ2n) is 8.37. The van der Waals surface area contributed by atoms with Gasteiger partial charge in [-0.15, -0.1) is 0 Å². The summed E-state index contributed by atoms with van der Waals surface area (Å²) in [6, 6.07) is 37.3. The molecule has 0 aliphatic heterocycles. The highest BCUT2D eigenvalue weighted by molar-refractivity contribution is 6.30. The van der Waals surface area contributed by atoms with Crippen molar-refractivity contribution in [3.8, 4) is 5.75 Å². The van der Waals surface area contributed by atoms with Gasteiger partial charge in [-0.05, 0) is 60.4 Å². The van der Waals surface area contributed by atoms with Crippen LogP contribution in [0.4, 0.5) is 0 Å². The van der Waals surface area contributed by atoms with E-state index < -0.39 is 0 Å². The van der Waals surface area contributed by atoms with Crippen molar-refractivity contribution in [2.45, 2.75) is 25.3 Å². The Balaban J connectivity index is 1.41. The first-order chi connectivity index (χ1) is 16.8. The van der Waals surface area contributed by atoms with Crippen molar-refractivity contribution in [3.63, 3.8) is 0 Å². The molecule has 0 radical (unpaired) electrons. The van der Waals surface area contributed by atoms with E-state index in [9.17, 15) is 0 Å². The van der Waals surface area contributed by atoms with Gasteiger partial charge < -0.3 is 9.30 Å². The van der Waals surface area contributed by atoms with Gasteiger partial charge in [-0.1, -0.05) is 84.4 Å². The third kappa shape index (κ3) is 5.00. The van der Waals surface area contributed by atoms with Crippen LogP contribution in [0.5, 0.6) is 5.75 Å². The second-order valence-corrected chi connectivity index (χ2v) is 8.81. The quantitative estimate of drug-likeness (QED) is 0.208. The Morgan fingerprint density at radius 3 is 2.00 bits per heavy atom. The first-order valence-electron chi connectivity index (χ1n) is 11.7. The fraction of sp³-hybridized carbons (Fsp3) is 0.167. The summed E-state index contributed by atoms with van der Waals surface area (Å²) in [6.07, 6.45) is 1.95. The molecule has 170 valence electrons. The minimum absolute atomic E-state index is 0.0696. The van der Waals surface area contributed by atoms with Gasteiger partial charge in [0.1, 0.15) is 11.6 Å². The SMILES string of the molecule is Clc1ccc(OCCCCn2c(C(c3ccccc3)c3ccccc3)nc3ccccc32)cc1. The molecule has 0 aliphatic rings. The second kappa shape index (κ2) is 10.6. The molecule has 1 heterocycles. The summed E-state index contributed by atoms with van der Waals surface area (Å²) in [5.41, 5.74) is 4.70. The smallest absolute Gasteiger partial charge is 0.121 e. The number of fused-ring (bicyclic) bond motifs is 1. The van der Waals surface area contributed by atoms with E-state index in [1.807, 2.05) is 24.3 Å². The highest BCUT2D eigenvalue weighted by Crippen LogP contribution is 2.33. The van der Waals surface area contributed by atoms with Crippen LogP contribution in [-0.4, -0.2) is 16.2 Å². The largest absolute Gasteiger partial charge is 0.494 e. The van der Waals surface area contributed by atoms with E-state index in [1.54, 1.807) is 0 Å². The van der Waals surface area contributed by atoms with Crippen LogP contribution in [0.1, 0.15) is 35.7 Å². The molecule has 0 fully saturated rings. The van der Waals surface area contributed by atoms with Gasteiger partial charge >= 0.3 is 0 Å². The van der Waals surface area contributed by atoms with Crippen LogP contribution in [0.2, 0.25) is 5.02 Å². The molecule has 4 heteroatoms. The van der Waals surface area contributed by atoms with Crippen molar-refractivity contribution in [2.24, 2.45) is 0 Å². The van der Waals surface area contributed by atoms with Crippen LogP contribution in [0.3, 0.4) is 0 Å². The summed E-state index contributed by atoms with van der Waals surface area (Å²) >= 11 is 5.96. The van der Waals surface area contributed by atoms with Crippen molar-refractivity contribution in [3.05, 3.63) is 131 Å². The van der Waals surface area contributed by atoms with Gasteiger partial charge in [0.2, 0.25) is 0 Å². The monoisotopic (exact) mass is 466 g/mol.